The third kappa shape index (κ3) is 5.10. The van der Waals surface area contributed by atoms with Gasteiger partial charge in [-0.15, -0.1) is 24.0 Å². The number of nitrogens with one attached hydrogen (secondary N) is 1. The van der Waals surface area contributed by atoms with E-state index in [1.807, 2.05) is 18.7 Å². The zero-order valence-corrected chi connectivity index (χ0v) is 15.7. The van der Waals surface area contributed by atoms with Crippen LogP contribution < -0.4 is 5.32 Å². The number of hydrogen-bond donors (Lipinski definition) is 1. The summed E-state index contributed by atoms with van der Waals surface area (Å²) in [5, 5.41) is 3.32. The number of nitrogens with zero attached hydrogens (tertiary/aromatic N) is 4. The number of piperidine rings is 1. The molecule has 1 aliphatic heterocycles. The summed E-state index contributed by atoms with van der Waals surface area (Å²) in [4.78, 5) is 11.0. The Balaban J connectivity index is 0.00000242. The molecule has 0 spiro atoms. The molecule has 1 aromatic heterocycles. The third-order valence-corrected chi connectivity index (χ3v) is 4.01. The first kappa shape index (κ1) is 19.2. The van der Waals surface area contributed by atoms with Gasteiger partial charge in [-0.3, -0.25) is 9.38 Å². The zero-order chi connectivity index (χ0) is 15.1. The fourth-order valence-corrected chi connectivity index (χ4v) is 2.77. The lowest BCUT2D eigenvalue weighted by Gasteiger charge is -2.39. The van der Waals surface area contributed by atoms with Crippen LogP contribution in [0.1, 0.15) is 32.7 Å². The lowest BCUT2D eigenvalue weighted by atomic mass is 9.93. The molecule has 1 N–H and O–H groups in total. The Morgan fingerprint density at radius 2 is 2.32 bits per heavy atom. The minimum atomic E-state index is -0.308. The first-order valence-corrected chi connectivity index (χ1v) is 7.83. The zero-order valence-electron chi connectivity index (χ0n) is 13.4. The molecule has 2 atom stereocenters. The predicted molar refractivity (Wildman–Crippen MR) is 98.6 cm³/mol. The van der Waals surface area contributed by atoms with Crippen molar-refractivity contribution >= 4 is 29.9 Å². The largest absolute Gasteiger partial charge is 0.357 e. The standard InChI is InChI=1S/C15H26FN5.HI/c1-3-18-15(19-7-4-6-16)20-9-5-13(2)14(11-20)21-10-8-17-12-21;/h8,10,12-14H,3-7,9,11H2,1-2H3,(H,18,19);1H. The Labute approximate surface area is 149 Å². The van der Waals surface area contributed by atoms with Gasteiger partial charge in [-0.1, -0.05) is 6.92 Å². The second-order valence-electron chi connectivity index (χ2n) is 5.57. The molecule has 0 aliphatic carbocycles. The highest BCUT2D eigenvalue weighted by atomic mass is 127. The molecule has 2 rings (SSSR count). The van der Waals surface area contributed by atoms with E-state index in [2.05, 4.69) is 38.6 Å². The first-order chi connectivity index (χ1) is 10.3. The van der Waals surface area contributed by atoms with Gasteiger partial charge in [0.15, 0.2) is 5.96 Å². The van der Waals surface area contributed by atoms with Crippen LogP contribution in [0.4, 0.5) is 4.39 Å². The molecule has 0 saturated carbocycles. The van der Waals surface area contributed by atoms with Crippen LogP contribution in [0.2, 0.25) is 0 Å². The SMILES string of the molecule is CCNC(=NCCCF)N1CCC(C)C(n2ccnc2)C1.I. The third-order valence-electron chi connectivity index (χ3n) is 4.01. The van der Waals surface area contributed by atoms with E-state index < -0.39 is 0 Å². The number of hydrogen-bond acceptors (Lipinski definition) is 2. The summed E-state index contributed by atoms with van der Waals surface area (Å²) in [5.74, 6) is 1.52. The summed E-state index contributed by atoms with van der Waals surface area (Å²) in [6, 6.07) is 0.409. The van der Waals surface area contributed by atoms with Crippen molar-refractivity contribution in [2.45, 2.75) is 32.7 Å². The molecule has 5 nitrogen and oxygen atoms in total. The molecular weight excluding hydrogens is 396 g/mol. The Hall–Kier alpha value is -0.860. The highest BCUT2D eigenvalue weighted by Crippen LogP contribution is 2.27. The predicted octanol–water partition coefficient (Wildman–Crippen LogP) is 2.71. The van der Waals surface area contributed by atoms with Crippen molar-refractivity contribution in [2.24, 2.45) is 10.9 Å². The number of likely N-dealkylation sites (tertiary alicyclic amines) is 1. The maximum absolute atomic E-state index is 12.3. The summed E-state index contributed by atoms with van der Waals surface area (Å²) >= 11 is 0. The van der Waals surface area contributed by atoms with E-state index in [1.165, 1.54) is 0 Å². The highest BCUT2D eigenvalue weighted by molar-refractivity contribution is 14.0. The van der Waals surface area contributed by atoms with Gasteiger partial charge < -0.3 is 14.8 Å². The van der Waals surface area contributed by atoms with Crippen molar-refractivity contribution in [1.82, 2.24) is 19.8 Å². The quantitative estimate of drug-likeness (QED) is 0.343. The minimum absolute atomic E-state index is 0. The van der Waals surface area contributed by atoms with Crippen molar-refractivity contribution in [1.29, 1.82) is 0 Å². The van der Waals surface area contributed by atoms with Gasteiger partial charge in [0, 0.05) is 38.6 Å². The van der Waals surface area contributed by atoms with E-state index in [9.17, 15) is 4.39 Å². The van der Waals surface area contributed by atoms with Crippen molar-refractivity contribution in [3.05, 3.63) is 18.7 Å². The summed E-state index contributed by atoms with van der Waals surface area (Å²) in [6.07, 6.45) is 7.35. The number of imidazole rings is 1. The van der Waals surface area contributed by atoms with E-state index in [0.29, 0.717) is 24.9 Å². The smallest absolute Gasteiger partial charge is 0.193 e. The van der Waals surface area contributed by atoms with E-state index in [-0.39, 0.29) is 30.7 Å². The molecule has 0 aromatic carbocycles. The number of alkyl halides is 1. The summed E-state index contributed by atoms with van der Waals surface area (Å²) in [7, 11) is 0. The minimum Gasteiger partial charge on any atom is -0.357 e. The summed E-state index contributed by atoms with van der Waals surface area (Å²) in [6.45, 7) is 7.32. The number of aromatic nitrogens is 2. The molecule has 1 aromatic rings. The maximum atomic E-state index is 12.3. The average Bonchev–Trinajstić information content (AvgIpc) is 3.01. The molecular formula is C15H27FIN5. The number of guanidine groups is 1. The Morgan fingerprint density at radius 3 is 2.95 bits per heavy atom. The number of aliphatic imine (C=N–C) groups is 1. The van der Waals surface area contributed by atoms with Gasteiger partial charge in [0.1, 0.15) is 0 Å². The van der Waals surface area contributed by atoms with Crippen LogP contribution in [0.3, 0.4) is 0 Å². The van der Waals surface area contributed by atoms with Crippen molar-refractivity contribution in [3.63, 3.8) is 0 Å². The van der Waals surface area contributed by atoms with E-state index in [1.54, 1.807) is 0 Å². The summed E-state index contributed by atoms with van der Waals surface area (Å²) in [5.41, 5.74) is 0. The van der Waals surface area contributed by atoms with Crippen LogP contribution in [-0.4, -0.2) is 53.3 Å². The fraction of sp³-hybridized carbons (Fsp3) is 0.733. The normalized spacial score (nSPS) is 22.3. The fourth-order valence-electron chi connectivity index (χ4n) is 2.77. The van der Waals surface area contributed by atoms with Crippen LogP contribution in [0, 0.1) is 5.92 Å². The second kappa shape index (κ2) is 10.0. The molecule has 1 saturated heterocycles. The Morgan fingerprint density at radius 1 is 1.50 bits per heavy atom. The average molecular weight is 423 g/mol. The number of halogens is 2. The van der Waals surface area contributed by atoms with Crippen LogP contribution in [-0.2, 0) is 0 Å². The van der Waals surface area contributed by atoms with Crippen LogP contribution in [0.5, 0.6) is 0 Å². The van der Waals surface area contributed by atoms with E-state index >= 15 is 0 Å². The van der Waals surface area contributed by atoms with Crippen molar-refractivity contribution in [3.8, 4) is 0 Å². The second-order valence-corrected chi connectivity index (χ2v) is 5.57. The van der Waals surface area contributed by atoms with Crippen LogP contribution in [0.15, 0.2) is 23.7 Å². The molecule has 1 fully saturated rings. The van der Waals surface area contributed by atoms with Crippen LogP contribution in [0.25, 0.3) is 0 Å². The Kier molecular flexibility index (Phi) is 8.74. The molecule has 2 unspecified atom stereocenters. The van der Waals surface area contributed by atoms with Crippen molar-refractivity contribution in [2.75, 3.05) is 32.9 Å². The molecule has 0 radical (unpaired) electrons. The van der Waals surface area contributed by atoms with Gasteiger partial charge in [-0.05, 0) is 25.7 Å². The maximum Gasteiger partial charge on any atom is 0.193 e. The van der Waals surface area contributed by atoms with Gasteiger partial charge in [0.2, 0.25) is 0 Å². The lowest BCUT2D eigenvalue weighted by Crippen LogP contribution is -2.49. The van der Waals surface area contributed by atoms with Gasteiger partial charge in [0.25, 0.3) is 0 Å². The molecule has 0 bridgehead atoms. The lowest BCUT2D eigenvalue weighted by molar-refractivity contribution is 0.189. The number of rotatable bonds is 5. The Bertz CT molecular complexity index is 437. The van der Waals surface area contributed by atoms with Gasteiger partial charge in [-0.25, -0.2) is 4.98 Å². The molecule has 22 heavy (non-hydrogen) atoms. The highest BCUT2D eigenvalue weighted by Gasteiger charge is 2.28. The van der Waals surface area contributed by atoms with Gasteiger partial charge >= 0.3 is 0 Å². The first-order valence-electron chi connectivity index (χ1n) is 7.83. The van der Waals surface area contributed by atoms with E-state index in [4.69, 9.17) is 0 Å². The molecule has 2 heterocycles. The topological polar surface area (TPSA) is 45.5 Å². The molecule has 126 valence electrons. The monoisotopic (exact) mass is 423 g/mol. The molecule has 0 amide bonds. The van der Waals surface area contributed by atoms with Crippen LogP contribution >= 0.6 is 24.0 Å². The van der Waals surface area contributed by atoms with Gasteiger partial charge in [-0.2, -0.15) is 0 Å². The molecule has 1 aliphatic rings. The summed E-state index contributed by atoms with van der Waals surface area (Å²) < 4.78 is 14.4. The van der Waals surface area contributed by atoms with E-state index in [0.717, 1.165) is 32.0 Å². The molecule has 7 heteroatoms. The van der Waals surface area contributed by atoms with Crippen molar-refractivity contribution < 1.29 is 4.39 Å². The van der Waals surface area contributed by atoms with Gasteiger partial charge in [0.05, 0.1) is 19.0 Å².